The van der Waals surface area contributed by atoms with Gasteiger partial charge in [-0.2, -0.15) is 4.98 Å². The van der Waals surface area contributed by atoms with Crippen molar-refractivity contribution in [2.75, 3.05) is 18.0 Å². The van der Waals surface area contributed by atoms with Gasteiger partial charge >= 0.3 is 0 Å². The number of amides is 1. The van der Waals surface area contributed by atoms with Crippen LogP contribution >= 0.6 is 0 Å². The van der Waals surface area contributed by atoms with Crippen LogP contribution in [0.1, 0.15) is 43.3 Å². The van der Waals surface area contributed by atoms with Gasteiger partial charge < -0.3 is 18.9 Å². The molecule has 0 radical (unpaired) electrons. The number of para-hydroxylation sites is 2. The van der Waals surface area contributed by atoms with E-state index in [1.807, 2.05) is 30.1 Å². The number of hydrogen-bond acceptors (Lipinski definition) is 6. The largest absolute Gasteiger partial charge is 0.337 e. The van der Waals surface area contributed by atoms with E-state index >= 15 is 0 Å². The van der Waals surface area contributed by atoms with Gasteiger partial charge in [-0.3, -0.25) is 4.79 Å². The predicted molar refractivity (Wildman–Crippen MR) is 107 cm³/mol. The molecule has 3 aliphatic rings. The van der Waals surface area contributed by atoms with Gasteiger partial charge in [0.1, 0.15) is 5.82 Å². The highest BCUT2D eigenvalue weighted by atomic mass is 16.5. The summed E-state index contributed by atoms with van der Waals surface area (Å²) in [6.45, 7) is 1.57. The molecule has 0 spiro atoms. The monoisotopic (exact) mass is 392 g/mol. The molecule has 2 aliphatic heterocycles. The highest BCUT2D eigenvalue weighted by Crippen LogP contribution is 2.41. The maximum Gasteiger partial charge on any atom is 0.266 e. The van der Waals surface area contributed by atoms with Gasteiger partial charge in [0.2, 0.25) is 11.8 Å². The molecule has 1 aliphatic carbocycles. The molecule has 6 rings (SSSR count). The second-order valence-electron chi connectivity index (χ2n) is 8.44. The summed E-state index contributed by atoms with van der Waals surface area (Å²) in [6.07, 6.45) is 4.52. The van der Waals surface area contributed by atoms with Crippen molar-refractivity contribution in [3.8, 4) is 0 Å². The Morgan fingerprint density at radius 1 is 1.14 bits per heavy atom. The van der Waals surface area contributed by atoms with Crippen LogP contribution in [0.4, 0.5) is 5.95 Å². The Morgan fingerprint density at radius 2 is 2.00 bits per heavy atom. The maximum absolute atomic E-state index is 12.8. The van der Waals surface area contributed by atoms with E-state index < -0.39 is 0 Å². The molecule has 1 saturated carbocycles. The van der Waals surface area contributed by atoms with Gasteiger partial charge in [0, 0.05) is 38.9 Å². The number of carbonyl (C=O) groups is 1. The van der Waals surface area contributed by atoms with Gasteiger partial charge in [-0.25, -0.2) is 4.98 Å². The number of aryl methyl sites for hydroxylation is 1. The van der Waals surface area contributed by atoms with Gasteiger partial charge in [-0.1, -0.05) is 12.1 Å². The molecule has 1 aromatic carbocycles. The Balaban J connectivity index is 1.18. The lowest BCUT2D eigenvalue weighted by Gasteiger charge is -2.24. The second kappa shape index (κ2) is 6.30. The summed E-state index contributed by atoms with van der Waals surface area (Å²) < 4.78 is 7.57. The molecule has 150 valence electrons. The summed E-state index contributed by atoms with van der Waals surface area (Å²) in [7, 11) is 2.05. The van der Waals surface area contributed by atoms with E-state index in [4.69, 9.17) is 9.51 Å². The van der Waals surface area contributed by atoms with Gasteiger partial charge in [-0.05, 0) is 36.6 Å². The van der Waals surface area contributed by atoms with Crippen molar-refractivity contribution in [2.24, 2.45) is 7.05 Å². The number of benzene rings is 1. The molecule has 0 bridgehead atoms. The fourth-order valence-electron chi connectivity index (χ4n) is 4.95. The Hall–Kier alpha value is -2.90. The van der Waals surface area contributed by atoms with Crippen molar-refractivity contribution in [2.45, 2.75) is 50.1 Å². The Morgan fingerprint density at radius 3 is 2.83 bits per heavy atom. The van der Waals surface area contributed by atoms with Crippen LogP contribution in [-0.2, 0) is 18.3 Å². The second-order valence-corrected chi connectivity index (χ2v) is 8.44. The van der Waals surface area contributed by atoms with E-state index in [0.717, 1.165) is 55.0 Å². The summed E-state index contributed by atoms with van der Waals surface area (Å²) in [5, 5.41) is 4.20. The average molecular weight is 392 g/mol. The molecule has 8 nitrogen and oxygen atoms in total. The summed E-state index contributed by atoms with van der Waals surface area (Å²) >= 11 is 0. The number of aromatic nitrogens is 4. The predicted octanol–water partition coefficient (Wildman–Crippen LogP) is 2.26. The van der Waals surface area contributed by atoms with Crippen LogP contribution in [0, 0.1) is 0 Å². The molecule has 3 fully saturated rings. The molecule has 2 aromatic heterocycles. The zero-order valence-electron chi connectivity index (χ0n) is 16.5. The van der Waals surface area contributed by atoms with Crippen LogP contribution in [0.3, 0.4) is 0 Å². The van der Waals surface area contributed by atoms with Gasteiger partial charge in [0.15, 0.2) is 0 Å². The lowest BCUT2D eigenvalue weighted by Crippen LogP contribution is -2.38. The number of rotatable bonds is 5. The van der Waals surface area contributed by atoms with Crippen LogP contribution in [0.25, 0.3) is 11.0 Å². The van der Waals surface area contributed by atoms with Gasteiger partial charge in [0.05, 0.1) is 23.1 Å². The minimum atomic E-state index is 0.146. The lowest BCUT2D eigenvalue weighted by atomic mass is 10.1. The first kappa shape index (κ1) is 17.0. The zero-order chi connectivity index (χ0) is 19.5. The van der Waals surface area contributed by atoms with Crippen LogP contribution < -0.4 is 4.90 Å². The molecule has 4 heterocycles. The van der Waals surface area contributed by atoms with E-state index in [0.29, 0.717) is 24.8 Å². The molecule has 2 saturated heterocycles. The van der Waals surface area contributed by atoms with Crippen LogP contribution in [0.15, 0.2) is 28.8 Å². The molecule has 3 aromatic rings. The third-order valence-corrected chi connectivity index (χ3v) is 6.69. The summed E-state index contributed by atoms with van der Waals surface area (Å²) in [6, 6.07) is 8.52. The quantitative estimate of drug-likeness (QED) is 0.663. The van der Waals surface area contributed by atoms with Crippen LogP contribution in [0.5, 0.6) is 0 Å². The maximum atomic E-state index is 12.8. The molecule has 2 atom stereocenters. The zero-order valence-corrected chi connectivity index (χ0v) is 16.5. The molecular weight excluding hydrogens is 368 g/mol. The Kier molecular flexibility index (Phi) is 3.69. The van der Waals surface area contributed by atoms with Gasteiger partial charge in [-0.15, -0.1) is 0 Å². The number of carbonyl (C=O) groups excluding carboxylic acids is 1. The average Bonchev–Trinajstić information content (AvgIpc) is 3.05. The fourth-order valence-corrected chi connectivity index (χ4v) is 4.95. The highest BCUT2D eigenvalue weighted by molar-refractivity contribution is 5.81. The SMILES string of the molecule is Cn1c(CCN2C(=O)C[C@H]3[C@@H]2CCN3c2noc(C3CC3)n2)nc2ccccc21. The van der Waals surface area contributed by atoms with Crippen molar-refractivity contribution < 1.29 is 9.32 Å². The summed E-state index contributed by atoms with van der Waals surface area (Å²) in [5.41, 5.74) is 2.13. The first-order valence-corrected chi connectivity index (χ1v) is 10.5. The number of fused-ring (bicyclic) bond motifs is 2. The molecule has 0 unspecified atom stereocenters. The standard InChI is InChI=1S/C21H24N6O2/c1-25-15-5-3-2-4-14(15)22-18(25)9-11-26-16-8-10-27(17(16)12-19(26)28)21-23-20(29-24-21)13-6-7-13/h2-5,13,16-17H,6-12H2,1H3/t16-,17-/m0/s1. The van der Waals surface area contributed by atoms with Crippen molar-refractivity contribution >= 4 is 22.9 Å². The minimum Gasteiger partial charge on any atom is -0.337 e. The summed E-state index contributed by atoms with van der Waals surface area (Å²) in [4.78, 5) is 26.3. The Bertz CT molecular complexity index is 1080. The van der Waals surface area contributed by atoms with E-state index in [-0.39, 0.29) is 18.0 Å². The normalized spacial score (nSPS) is 24.1. The topological polar surface area (TPSA) is 80.3 Å². The van der Waals surface area contributed by atoms with E-state index in [1.54, 1.807) is 0 Å². The van der Waals surface area contributed by atoms with Crippen molar-refractivity contribution in [1.82, 2.24) is 24.6 Å². The van der Waals surface area contributed by atoms with E-state index in [9.17, 15) is 4.79 Å². The van der Waals surface area contributed by atoms with Crippen molar-refractivity contribution in [3.63, 3.8) is 0 Å². The molecule has 1 amide bonds. The van der Waals surface area contributed by atoms with Gasteiger partial charge in [0.25, 0.3) is 5.95 Å². The van der Waals surface area contributed by atoms with Crippen LogP contribution in [-0.4, -0.2) is 55.7 Å². The third kappa shape index (κ3) is 2.73. The first-order chi connectivity index (χ1) is 14.2. The van der Waals surface area contributed by atoms with E-state index in [1.165, 1.54) is 0 Å². The first-order valence-electron chi connectivity index (χ1n) is 10.5. The number of likely N-dealkylation sites (tertiary alicyclic amines) is 1. The number of imidazole rings is 1. The third-order valence-electron chi connectivity index (χ3n) is 6.69. The molecule has 0 N–H and O–H groups in total. The fraction of sp³-hybridized carbons (Fsp3) is 0.524. The molecular formula is C21H24N6O2. The van der Waals surface area contributed by atoms with Crippen LogP contribution in [0.2, 0.25) is 0 Å². The number of nitrogens with zero attached hydrogens (tertiary/aromatic N) is 6. The lowest BCUT2D eigenvalue weighted by molar-refractivity contribution is -0.129. The molecule has 29 heavy (non-hydrogen) atoms. The molecule has 8 heteroatoms. The minimum absolute atomic E-state index is 0.146. The Labute approximate surface area is 168 Å². The van der Waals surface area contributed by atoms with Crippen molar-refractivity contribution in [1.29, 1.82) is 0 Å². The highest BCUT2D eigenvalue weighted by Gasteiger charge is 2.48. The van der Waals surface area contributed by atoms with E-state index in [2.05, 4.69) is 25.7 Å². The van der Waals surface area contributed by atoms with Crippen molar-refractivity contribution in [3.05, 3.63) is 36.0 Å². The number of hydrogen-bond donors (Lipinski definition) is 0. The summed E-state index contributed by atoms with van der Waals surface area (Å²) in [5.74, 6) is 3.10. The number of anilines is 1. The smallest absolute Gasteiger partial charge is 0.266 e.